The minimum absolute atomic E-state index is 0.0390. The van der Waals surface area contributed by atoms with Gasteiger partial charge in [0.25, 0.3) is 0 Å². The van der Waals surface area contributed by atoms with E-state index in [-0.39, 0.29) is 5.60 Å². The van der Waals surface area contributed by atoms with Crippen LogP contribution in [0.3, 0.4) is 0 Å². The van der Waals surface area contributed by atoms with Gasteiger partial charge in [-0.1, -0.05) is 51.5 Å². The zero-order valence-electron chi connectivity index (χ0n) is 14.4. The molecule has 0 radical (unpaired) electrons. The van der Waals surface area contributed by atoms with Crippen LogP contribution in [0.2, 0.25) is 0 Å². The Morgan fingerprint density at radius 3 is 2.70 bits per heavy atom. The highest BCUT2D eigenvalue weighted by Crippen LogP contribution is 2.70. The van der Waals surface area contributed by atoms with Crippen LogP contribution in [0.4, 0.5) is 0 Å². The van der Waals surface area contributed by atoms with Crippen molar-refractivity contribution in [3.05, 3.63) is 40.4 Å². The number of halogens is 1. The summed E-state index contributed by atoms with van der Waals surface area (Å²) < 4.78 is 7.96. The van der Waals surface area contributed by atoms with E-state index in [1.165, 1.54) is 40.1 Å². The van der Waals surface area contributed by atoms with E-state index < -0.39 is 0 Å². The van der Waals surface area contributed by atoms with Gasteiger partial charge in [0.15, 0.2) is 0 Å². The van der Waals surface area contributed by atoms with Crippen LogP contribution in [0.1, 0.15) is 45.6 Å². The lowest BCUT2D eigenvalue weighted by Gasteiger charge is -2.30. The van der Waals surface area contributed by atoms with Gasteiger partial charge in [0.05, 0.1) is 0 Å². The van der Waals surface area contributed by atoms with Gasteiger partial charge in [-0.05, 0) is 58.5 Å². The molecule has 23 heavy (non-hydrogen) atoms. The Bertz CT molecular complexity index is 779. The predicted octanol–water partition coefficient (Wildman–Crippen LogP) is 6.50. The standard InChI is InChI=1S/C21H25BrO/c1-13-9-10-18-20(3,4)21(18,12-13)23-17-11-15-7-5-6-8-16(15)19(22)14(17)2/h5-8,11,13,18H,9-10,12H2,1-4H3. The largest absolute Gasteiger partial charge is 0.486 e. The topological polar surface area (TPSA) is 9.23 Å². The molecule has 0 aliphatic heterocycles. The lowest BCUT2D eigenvalue weighted by Crippen LogP contribution is -2.31. The monoisotopic (exact) mass is 372 g/mol. The van der Waals surface area contributed by atoms with Crippen molar-refractivity contribution in [1.29, 1.82) is 0 Å². The third-order valence-electron chi connectivity index (χ3n) is 6.52. The van der Waals surface area contributed by atoms with Crippen molar-refractivity contribution >= 4 is 26.7 Å². The third kappa shape index (κ3) is 2.10. The van der Waals surface area contributed by atoms with Crippen LogP contribution in [0, 0.1) is 24.2 Å². The van der Waals surface area contributed by atoms with Crippen molar-refractivity contribution in [1.82, 2.24) is 0 Å². The maximum Gasteiger partial charge on any atom is 0.124 e. The zero-order chi connectivity index (χ0) is 16.4. The summed E-state index contributed by atoms with van der Waals surface area (Å²) in [5, 5.41) is 2.51. The first-order valence-corrected chi connectivity index (χ1v) is 9.53. The van der Waals surface area contributed by atoms with Crippen molar-refractivity contribution < 1.29 is 4.74 Å². The van der Waals surface area contributed by atoms with Crippen LogP contribution < -0.4 is 4.74 Å². The molecule has 1 nitrogen and oxygen atoms in total. The molecule has 0 aromatic heterocycles. The molecule has 0 N–H and O–H groups in total. The van der Waals surface area contributed by atoms with Crippen molar-refractivity contribution in [3.8, 4) is 5.75 Å². The molecule has 3 unspecified atom stereocenters. The van der Waals surface area contributed by atoms with E-state index in [1.54, 1.807) is 0 Å². The molecular weight excluding hydrogens is 348 g/mol. The highest BCUT2D eigenvalue weighted by molar-refractivity contribution is 9.10. The number of fused-ring (bicyclic) bond motifs is 2. The Kier molecular flexibility index (Phi) is 3.36. The molecule has 0 spiro atoms. The lowest BCUT2D eigenvalue weighted by atomic mass is 9.88. The summed E-state index contributed by atoms with van der Waals surface area (Å²) in [5.74, 6) is 2.52. The van der Waals surface area contributed by atoms with E-state index in [9.17, 15) is 0 Å². The van der Waals surface area contributed by atoms with E-state index in [4.69, 9.17) is 4.74 Å². The number of benzene rings is 2. The van der Waals surface area contributed by atoms with Crippen molar-refractivity contribution in [2.75, 3.05) is 0 Å². The summed E-state index contributed by atoms with van der Waals surface area (Å²) in [6.45, 7) is 9.32. The minimum atomic E-state index is 0.0390. The maximum absolute atomic E-state index is 6.79. The second-order valence-electron chi connectivity index (χ2n) is 8.19. The third-order valence-corrected chi connectivity index (χ3v) is 7.54. The second kappa shape index (κ2) is 4.99. The van der Waals surface area contributed by atoms with Crippen LogP contribution in [0.5, 0.6) is 5.75 Å². The first-order valence-electron chi connectivity index (χ1n) is 8.73. The summed E-state index contributed by atoms with van der Waals surface area (Å²) in [6.07, 6.45) is 3.84. The smallest absolute Gasteiger partial charge is 0.124 e. The zero-order valence-corrected chi connectivity index (χ0v) is 16.0. The van der Waals surface area contributed by atoms with Gasteiger partial charge in [0.2, 0.25) is 0 Å². The van der Waals surface area contributed by atoms with E-state index in [2.05, 4.69) is 74.0 Å². The molecule has 2 heteroatoms. The quantitative estimate of drug-likeness (QED) is 0.583. The van der Waals surface area contributed by atoms with Crippen LogP contribution in [-0.4, -0.2) is 5.60 Å². The van der Waals surface area contributed by atoms with Crippen molar-refractivity contribution in [2.45, 2.75) is 52.6 Å². The molecule has 4 rings (SSSR count). The molecule has 0 heterocycles. The fraction of sp³-hybridized carbons (Fsp3) is 0.524. The van der Waals surface area contributed by atoms with E-state index in [0.717, 1.165) is 11.7 Å². The predicted molar refractivity (Wildman–Crippen MR) is 100 cm³/mol. The van der Waals surface area contributed by atoms with Gasteiger partial charge in [-0.25, -0.2) is 0 Å². The van der Waals surface area contributed by atoms with Crippen molar-refractivity contribution in [3.63, 3.8) is 0 Å². The van der Waals surface area contributed by atoms with Crippen molar-refractivity contribution in [2.24, 2.45) is 17.3 Å². The molecule has 2 fully saturated rings. The summed E-state index contributed by atoms with van der Waals surface area (Å²) in [7, 11) is 0. The van der Waals surface area contributed by atoms with E-state index in [0.29, 0.717) is 11.3 Å². The SMILES string of the molecule is Cc1c(OC23CC(C)CCC2C3(C)C)cc2ccccc2c1Br. The number of rotatable bonds is 2. The molecule has 2 aliphatic carbocycles. The average Bonchev–Trinajstić information content (AvgIpc) is 2.99. The normalized spacial score (nSPS) is 31.7. The Hall–Kier alpha value is -1.02. The van der Waals surface area contributed by atoms with Gasteiger partial charge in [-0.3, -0.25) is 0 Å². The molecule has 0 amide bonds. The molecule has 2 saturated carbocycles. The summed E-state index contributed by atoms with van der Waals surface area (Å²) in [6, 6.07) is 10.8. The molecule has 2 aromatic carbocycles. The number of ether oxygens (including phenoxy) is 1. The van der Waals surface area contributed by atoms with Gasteiger partial charge in [-0.2, -0.15) is 0 Å². The molecular formula is C21H25BrO. The summed E-state index contributed by atoms with van der Waals surface area (Å²) >= 11 is 3.79. The Labute approximate surface area is 147 Å². The summed E-state index contributed by atoms with van der Waals surface area (Å²) in [4.78, 5) is 0. The number of hydrogen-bond acceptors (Lipinski definition) is 1. The van der Waals surface area contributed by atoms with Crippen LogP contribution in [0.25, 0.3) is 10.8 Å². The maximum atomic E-state index is 6.79. The molecule has 0 bridgehead atoms. The van der Waals surface area contributed by atoms with E-state index >= 15 is 0 Å². The second-order valence-corrected chi connectivity index (χ2v) is 8.98. The molecule has 2 aromatic rings. The Balaban J connectivity index is 1.77. The Morgan fingerprint density at radius 1 is 1.17 bits per heavy atom. The molecule has 0 saturated heterocycles. The van der Waals surface area contributed by atoms with Crippen LogP contribution in [-0.2, 0) is 0 Å². The highest BCUT2D eigenvalue weighted by Gasteiger charge is 2.74. The summed E-state index contributed by atoms with van der Waals surface area (Å²) in [5.41, 5.74) is 1.55. The minimum Gasteiger partial charge on any atom is -0.486 e. The molecule has 122 valence electrons. The van der Waals surface area contributed by atoms with Gasteiger partial charge in [0, 0.05) is 21.4 Å². The average molecular weight is 373 g/mol. The molecule has 2 aliphatic rings. The van der Waals surface area contributed by atoms with Gasteiger partial charge < -0.3 is 4.74 Å². The number of hydrogen-bond donors (Lipinski definition) is 0. The van der Waals surface area contributed by atoms with Crippen LogP contribution in [0.15, 0.2) is 34.8 Å². The van der Waals surface area contributed by atoms with Gasteiger partial charge in [-0.15, -0.1) is 0 Å². The lowest BCUT2D eigenvalue weighted by molar-refractivity contribution is 0.0841. The van der Waals surface area contributed by atoms with E-state index in [1.807, 2.05) is 0 Å². The van der Waals surface area contributed by atoms with Gasteiger partial charge in [0.1, 0.15) is 11.4 Å². The Morgan fingerprint density at radius 2 is 1.91 bits per heavy atom. The van der Waals surface area contributed by atoms with Crippen LogP contribution >= 0.6 is 15.9 Å². The van der Waals surface area contributed by atoms with Gasteiger partial charge >= 0.3 is 0 Å². The fourth-order valence-electron chi connectivity index (χ4n) is 4.92. The first kappa shape index (κ1) is 15.5. The highest BCUT2D eigenvalue weighted by atomic mass is 79.9. The first-order chi connectivity index (χ1) is 10.9. The fourth-order valence-corrected chi connectivity index (χ4v) is 5.48. The molecule has 3 atom stereocenters.